The van der Waals surface area contributed by atoms with E-state index in [4.69, 9.17) is 9.84 Å². The predicted octanol–water partition coefficient (Wildman–Crippen LogP) is 3.66. The molecule has 6 aromatic rings. The number of benzene rings is 4. The molecular formula is C28H29N6O4+. The monoisotopic (exact) mass is 513 g/mol. The highest BCUT2D eigenvalue weighted by molar-refractivity contribution is 5.73. The fourth-order valence-electron chi connectivity index (χ4n) is 3.81. The van der Waals surface area contributed by atoms with E-state index in [1.807, 2.05) is 82.3 Å². The maximum atomic E-state index is 9.69. The summed E-state index contributed by atoms with van der Waals surface area (Å²) < 4.78 is 12.0. The molecule has 0 saturated carbocycles. The normalized spacial score (nSPS) is 10.9. The molecule has 38 heavy (non-hydrogen) atoms. The van der Waals surface area contributed by atoms with E-state index in [-0.39, 0.29) is 5.75 Å². The molecular weight excluding hydrogens is 484 g/mol. The van der Waals surface area contributed by atoms with Gasteiger partial charge in [-0.1, -0.05) is 48.5 Å². The highest BCUT2D eigenvalue weighted by Crippen LogP contribution is 2.24. The van der Waals surface area contributed by atoms with Gasteiger partial charge in [0.15, 0.2) is 11.4 Å². The van der Waals surface area contributed by atoms with Gasteiger partial charge in [0.1, 0.15) is 22.5 Å². The van der Waals surface area contributed by atoms with Gasteiger partial charge < -0.3 is 19.7 Å². The van der Waals surface area contributed by atoms with Crippen molar-refractivity contribution >= 4 is 22.1 Å². The van der Waals surface area contributed by atoms with Crippen molar-refractivity contribution in [2.24, 2.45) is 0 Å². The van der Waals surface area contributed by atoms with Crippen molar-refractivity contribution in [1.29, 1.82) is 0 Å². The van der Waals surface area contributed by atoms with Crippen LogP contribution in [0.25, 0.3) is 33.4 Å². The number of hydrogen-bond acceptors (Lipinski definition) is 7. The van der Waals surface area contributed by atoms with Gasteiger partial charge in [-0.15, -0.1) is 19.7 Å². The number of aliphatic hydroxyl groups excluding tert-OH is 1. The third-order valence-electron chi connectivity index (χ3n) is 5.40. The van der Waals surface area contributed by atoms with Gasteiger partial charge >= 0.3 is 0 Å². The third kappa shape index (κ3) is 5.46. The molecule has 1 aliphatic heterocycles. The molecule has 1 aliphatic rings. The minimum absolute atomic E-state index is 0.169. The van der Waals surface area contributed by atoms with Crippen molar-refractivity contribution in [1.82, 2.24) is 24.9 Å². The summed E-state index contributed by atoms with van der Waals surface area (Å²) in [6.07, 6.45) is 0. The fourth-order valence-corrected chi connectivity index (χ4v) is 3.81. The maximum absolute atomic E-state index is 9.69. The summed E-state index contributed by atoms with van der Waals surface area (Å²) in [6.45, 7) is 0.498. The Morgan fingerprint density at radius 1 is 0.711 bits per heavy atom. The van der Waals surface area contributed by atoms with Gasteiger partial charge in [0, 0.05) is 21.3 Å². The van der Waals surface area contributed by atoms with Gasteiger partial charge in [-0.25, -0.2) is 0 Å². The zero-order valence-electron chi connectivity index (χ0n) is 21.3. The molecule has 7 rings (SSSR count). The Kier molecular flexibility index (Phi) is 8.60. The van der Waals surface area contributed by atoms with Crippen molar-refractivity contribution in [2.75, 3.05) is 21.3 Å². The van der Waals surface area contributed by atoms with Crippen molar-refractivity contribution in [3.8, 4) is 22.9 Å². The minimum Gasteiger partial charge on any atom is -0.506 e. The van der Waals surface area contributed by atoms with Crippen LogP contribution >= 0.6 is 0 Å². The van der Waals surface area contributed by atoms with Crippen molar-refractivity contribution < 1.29 is 24.4 Å². The standard InChI is InChI=1S/C13H10N3O.C12H9N3O.C2H6O.CH4O/c1-2-6-11-10(5-1)14-16-12-7-3-4-8-13(12)17-9-15(11)16;16-12-8-4-3-7-11(12)15-13-9-5-1-2-6-10(9)14-15;1-3-2;1-2/h1-8H,9H2;1-8,16H;1-2H3;2H,1H3/q+1;;;. The first-order valence-electron chi connectivity index (χ1n) is 11.7. The van der Waals surface area contributed by atoms with E-state index < -0.39 is 0 Å². The Balaban J connectivity index is 0.000000152. The lowest BCUT2D eigenvalue weighted by Gasteiger charge is -2.14. The molecule has 2 N–H and O–H groups in total. The number of hydrogen-bond donors (Lipinski definition) is 2. The zero-order chi connectivity index (χ0) is 26.9. The van der Waals surface area contributed by atoms with Crippen LogP contribution in [0.3, 0.4) is 0 Å². The highest BCUT2D eigenvalue weighted by Gasteiger charge is 2.26. The molecule has 0 spiro atoms. The molecule has 0 unspecified atom stereocenters. The van der Waals surface area contributed by atoms with Crippen LogP contribution in [0.15, 0.2) is 97.1 Å². The summed E-state index contributed by atoms with van der Waals surface area (Å²) in [5.74, 6) is 1.04. The molecule has 0 radical (unpaired) electrons. The van der Waals surface area contributed by atoms with Crippen molar-refractivity contribution in [3.63, 3.8) is 0 Å². The molecule has 0 bridgehead atoms. The molecule has 0 amide bonds. The van der Waals surface area contributed by atoms with Gasteiger partial charge in [0.25, 0.3) is 6.73 Å². The van der Waals surface area contributed by atoms with Crippen LogP contribution in [0.5, 0.6) is 11.5 Å². The van der Waals surface area contributed by atoms with E-state index in [0.717, 1.165) is 40.6 Å². The summed E-state index contributed by atoms with van der Waals surface area (Å²) in [5.41, 5.74) is 5.25. The molecule has 2 aromatic heterocycles. The average Bonchev–Trinajstić information content (AvgIpc) is 3.57. The Labute approximate surface area is 219 Å². The summed E-state index contributed by atoms with van der Waals surface area (Å²) in [7, 11) is 4.25. The minimum atomic E-state index is 0.169. The van der Waals surface area contributed by atoms with Gasteiger partial charge in [-0.3, -0.25) is 0 Å². The number of aromatic hydroxyl groups is 1. The molecule has 0 aliphatic carbocycles. The second kappa shape index (κ2) is 12.4. The topological polar surface area (TPSA) is 111 Å². The molecule has 0 atom stereocenters. The van der Waals surface area contributed by atoms with E-state index in [0.29, 0.717) is 12.4 Å². The van der Waals surface area contributed by atoms with Crippen LogP contribution in [-0.2, 0) is 11.5 Å². The number of methoxy groups -OCH3 is 1. The average molecular weight is 514 g/mol. The second-order valence-electron chi connectivity index (χ2n) is 7.89. The number of phenolic OH excluding ortho intramolecular Hbond substituents is 1. The van der Waals surface area contributed by atoms with Crippen LogP contribution in [0, 0.1) is 0 Å². The number of nitrogens with zero attached hydrogens (tertiary/aromatic N) is 6. The molecule has 0 saturated heterocycles. The van der Waals surface area contributed by atoms with Gasteiger partial charge in [-0.2, -0.15) is 0 Å². The van der Waals surface area contributed by atoms with Crippen molar-refractivity contribution in [3.05, 3.63) is 97.1 Å². The van der Waals surface area contributed by atoms with Crippen LogP contribution in [0.2, 0.25) is 0 Å². The van der Waals surface area contributed by atoms with Crippen LogP contribution < -0.4 is 9.42 Å². The molecule has 10 heteroatoms. The summed E-state index contributed by atoms with van der Waals surface area (Å²) in [5, 5.41) is 29.9. The lowest BCUT2D eigenvalue weighted by Crippen LogP contribution is -2.48. The third-order valence-corrected chi connectivity index (χ3v) is 5.40. The number of ether oxygens (including phenoxy) is 2. The Morgan fingerprint density at radius 3 is 1.89 bits per heavy atom. The lowest BCUT2D eigenvalue weighted by molar-refractivity contribution is -0.777. The maximum Gasteiger partial charge on any atom is 0.252 e. The molecule has 3 heterocycles. The summed E-state index contributed by atoms with van der Waals surface area (Å²) in [4.78, 5) is 3.35. The van der Waals surface area contributed by atoms with Gasteiger partial charge in [0.05, 0.1) is 5.10 Å². The quantitative estimate of drug-likeness (QED) is 0.323. The summed E-state index contributed by atoms with van der Waals surface area (Å²) in [6, 6.07) is 30.6. The highest BCUT2D eigenvalue weighted by atomic mass is 16.5. The molecule has 10 nitrogen and oxygen atoms in total. The number of aromatic nitrogens is 6. The Morgan fingerprint density at radius 2 is 1.24 bits per heavy atom. The lowest BCUT2D eigenvalue weighted by atomic mass is 10.3. The second-order valence-corrected chi connectivity index (χ2v) is 7.89. The predicted molar refractivity (Wildman–Crippen MR) is 143 cm³/mol. The van der Waals surface area contributed by atoms with Crippen LogP contribution in [-0.4, -0.2) is 56.4 Å². The van der Waals surface area contributed by atoms with E-state index in [1.54, 1.807) is 32.4 Å². The van der Waals surface area contributed by atoms with Gasteiger partial charge in [-0.05, 0) is 53.3 Å². The number of para-hydroxylation sites is 5. The smallest absolute Gasteiger partial charge is 0.252 e. The number of rotatable bonds is 1. The largest absolute Gasteiger partial charge is 0.506 e. The van der Waals surface area contributed by atoms with Gasteiger partial charge in [0.2, 0.25) is 11.0 Å². The van der Waals surface area contributed by atoms with Crippen molar-refractivity contribution in [2.45, 2.75) is 6.73 Å². The van der Waals surface area contributed by atoms with E-state index in [2.05, 4.69) is 26.1 Å². The van der Waals surface area contributed by atoms with E-state index >= 15 is 0 Å². The van der Waals surface area contributed by atoms with Crippen LogP contribution in [0.1, 0.15) is 0 Å². The van der Waals surface area contributed by atoms with Crippen LogP contribution in [0.4, 0.5) is 0 Å². The Hall–Kier alpha value is -4.80. The first-order chi connectivity index (χ1) is 18.7. The number of fused-ring (bicyclic) bond motifs is 6. The number of phenols is 1. The summed E-state index contributed by atoms with van der Waals surface area (Å²) >= 11 is 0. The fraction of sp³-hybridized carbons (Fsp3) is 0.143. The first kappa shape index (κ1) is 26.3. The zero-order valence-corrected chi connectivity index (χ0v) is 21.3. The molecule has 194 valence electrons. The SMILES string of the molecule is CO.COC.Oc1ccccc1-n1nc2ccccc2n1.c1ccc2c(c1)OC[n+]1c3ccccc3nn1-2. The molecule has 0 fully saturated rings. The van der Waals surface area contributed by atoms with E-state index in [1.165, 1.54) is 4.80 Å². The first-order valence-corrected chi connectivity index (χ1v) is 11.7. The van der Waals surface area contributed by atoms with E-state index in [9.17, 15) is 5.11 Å². The molecule has 4 aromatic carbocycles. The Bertz CT molecular complexity index is 1600. The number of aliphatic hydroxyl groups is 1.